The van der Waals surface area contributed by atoms with E-state index in [1.54, 1.807) is 0 Å². The molecular formula is C16H32N2O. The van der Waals surface area contributed by atoms with Crippen molar-refractivity contribution in [3.63, 3.8) is 0 Å². The van der Waals surface area contributed by atoms with Gasteiger partial charge in [-0.15, -0.1) is 0 Å². The van der Waals surface area contributed by atoms with Gasteiger partial charge >= 0.3 is 0 Å². The Labute approximate surface area is 118 Å². The molecule has 0 amide bonds. The summed E-state index contributed by atoms with van der Waals surface area (Å²) in [5.74, 6) is 0. The van der Waals surface area contributed by atoms with E-state index in [9.17, 15) is 5.11 Å². The third kappa shape index (κ3) is 4.44. The molecule has 1 heterocycles. The third-order valence-electron chi connectivity index (χ3n) is 5.34. The van der Waals surface area contributed by atoms with Gasteiger partial charge in [-0.3, -0.25) is 0 Å². The maximum atomic E-state index is 10.1. The topological polar surface area (TPSA) is 35.5 Å². The summed E-state index contributed by atoms with van der Waals surface area (Å²) in [6.45, 7) is 11.1. The SMILES string of the molecule is CCC(CC)(CNC1CC1)CN1CCC(C)(O)CC1. The van der Waals surface area contributed by atoms with Crippen LogP contribution in [0.15, 0.2) is 0 Å². The van der Waals surface area contributed by atoms with Crippen LogP contribution < -0.4 is 5.32 Å². The maximum absolute atomic E-state index is 10.1. The van der Waals surface area contributed by atoms with E-state index in [0.29, 0.717) is 5.41 Å². The van der Waals surface area contributed by atoms with Crippen LogP contribution in [0.25, 0.3) is 0 Å². The summed E-state index contributed by atoms with van der Waals surface area (Å²) < 4.78 is 0. The van der Waals surface area contributed by atoms with Gasteiger partial charge in [0.2, 0.25) is 0 Å². The summed E-state index contributed by atoms with van der Waals surface area (Å²) in [5.41, 5.74) is -0.00433. The summed E-state index contributed by atoms with van der Waals surface area (Å²) in [6.07, 6.45) is 7.08. The standard InChI is InChI=1S/C16H32N2O/c1-4-16(5-2,12-17-14-6-7-14)13-18-10-8-15(3,19)9-11-18/h14,17,19H,4-13H2,1-3H3. The van der Waals surface area contributed by atoms with Crippen molar-refractivity contribution in [3.05, 3.63) is 0 Å². The zero-order valence-electron chi connectivity index (χ0n) is 13.0. The molecule has 2 fully saturated rings. The van der Waals surface area contributed by atoms with Crippen molar-refractivity contribution in [1.82, 2.24) is 10.2 Å². The molecule has 0 spiro atoms. The van der Waals surface area contributed by atoms with Crippen LogP contribution in [-0.4, -0.2) is 47.8 Å². The normalized spacial score (nSPS) is 24.6. The van der Waals surface area contributed by atoms with Crippen LogP contribution in [0.5, 0.6) is 0 Å². The number of piperidine rings is 1. The zero-order chi connectivity index (χ0) is 13.9. The average Bonchev–Trinajstić information content (AvgIpc) is 3.21. The van der Waals surface area contributed by atoms with E-state index in [1.165, 1.54) is 32.2 Å². The molecule has 1 saturated heterocycles. The molecule has 0 aromatic rings. The molecule has 2 N–H and O–H groups in total. The molecule has 0 bridgehead atoms. The molecule has 0 unspecified atom stereocenters. The Morgan fingerprint density at radius 1 is 1.21 bits per heavy atom. The molecule has 3 nitrogen and oxygen atoms in total. The molecule has 2 rings (SSSR count). The van der Waals surface area contributed by atoms with Gasteiger partial charge in [0.15, 0.2) is 0 Å². The summed E-state index contributed by atoms with van der Waals surface area (Å²) in [4.78, 5) is 2.57. The van der Waals surface area contributed by atoms with E-state index in [4.69, 9.17) is 0 Å². The van der Waals surface area contributed by atoms with Crippen molar-refractivity contribution < 1.29 is 5.11 Å². The number of likely N-dealkylation sites (tertiary alicyclic amines) is 1. The van der Waals surface area contributed by atoms with Gasteiger partial charge in [-0.25, -0.2) is 0 Å². The second-order valence-electron chi connectivity index (χ2n) is 7.14. The number of hydrogen-bond acceptors (Lipinski definition) is 3. The minimum absolute atomic E-state index is 0.422. The van der Waals surface area contributed by atoms with E-state index in [-0.39, 0.29) is 0 Å². The van der Waals surface area contributed by atoms with Gasteiger partial charge in [-0.1, -0.05) is 13.8 Å². The highest BCUT2D eigenvalue weighted by Gasteiger charge is 2.34. The van der Waals surface area contributed by atoms with Crippen molar-refractivity contribution in [2.75, 3.05) is 26.2 Å². The lowest BCUT2D eigenvalue weighted by Gasteiger charge is -2.42. The monoisotopic (exact) mass is 268 g/mol. The Kier molecular flexibility index (Phi) is 4.91. The second-order valence-corrected chi connectivity index (χ2v) is 7.14. The molecule has 0 radical (unpaired) electrons. The van der Waals surface area contributed by atoms with Crippen LogP contribution >= 0.6 is 0 Å². The smallest absolute Gasteiger partial charge is 0.0644 e. The van der Waals surface area contributed by atoms with Gasteiger partial charge < -0.3 is 15.3 Å². The first-order valence-corrected chi connectivity index (χ1v) is 8.17. The minimum Gasteiger partial charge on any atom is -0.390 e. The molecular weight excluding hydrogens is 236 g/mol. The predicted octanol–water partition coefficient (Wildman–Crippen LogP) is 2.39. The summed E-state index contributed by atoms with van der Waals surface area (Å²) in [7, 11) is 0. The molecule has 2 aliphatic rings. The minimum atomic E-state index is -0.427. The summed E-state index contributed by atoms with van der Waals surface area (Å²) in [6, 6.07) is 0.805. The van der Waals surface area contributed by atoms with Crippen LogP contribution in [0.2, 0.25) is 0 Å². The highest BCUT2D eigenvalue weighted by Crippen LogP contribution is 2.31. The number of hydrogen-bond donors (Lipinski definition) is 2. The second kappa shape index (κ2) is 6.11. The Morgan fingerprint density at radius 2 is 1.79 bits per heavy atom. The van der Waals surface area contributed by atoms with Crippen molar-refractivity contribution in [2.24, 2.45) is 5.41 Å². The van der Waals surface area contributed by atoms with Gasteiger partial charge in [-0.2, -0.15) is 0 Å². The molecule has 3 heteroatoms. The van der Waals surface area contributed by atoms with Crippen LogP contribution in [0.3, 0.4) is 0 Å². The van der Waals surface area contributed by atoms with E-state index < -0.39 is 5.60 Å². The van der Waals surface area contributed by atoms with Crippen LogP contribution in [-0.2, 0) is 0 Å². The van der Waals surface area contributed by atoms with Gasteiger partial charge in [0.05, 0.1) is 5.60 Å². The fourth-order valence-electron chi connectivity index (χ4n) is 3.10. The fourth-order valence-corrected chi connectivity index (χ4v) is 3.10. The Balaban J connectivity index is 1.84. The van der Waals surface area contributed by atoms with Gasteiger partial charge in [0.1, 0.15) is 0 Å². The molecule has 0 aromatic heterocycles. The fraction of sp³-hybridized carbons (Fsp3) is 1.00. The molecule has 19 heavy (non-hydrogen) atoms. The Morgan fingerprint density at radius 3 is 2.26 bits per heavy atom. The van der Waals surface area contributed by atoms with Gasteiger partial charge in [0, 0.05) is 32.2 Å². The number of nitrogens with zero attached hydrogens (tertiary/aromatic N) is 1. The number of rotatable bonds is 7. The quantitative estimate of drug-likeness (QED) is 0.744. The van der Waals surface area contributed by atoms with Crippen LogP contribution in [0, 0.1) is 5.41 Å². The summed E-state index contributed by atoms with van der Waals surface area (Å²) >= 11 is 0. The molecule has 112 valence electrons. The first-order valence-electron chi connectivity index (χ1n) is 8.17. The highest BCUT2D eigenvalue weighted by atomic mass is 16.3. The predicted molar refractivity (Wildman–Crippen MR) is 80.3 cm³/mol. The number of nitrogens with one attached hydrogen (secondary N) is 1. The lowest BCUT2D eigenvalue weighted by Crippen LogP contribution is -2.49. The first-order chi connectivity index (χ1) is 8.99. The van der Waals surface area contributed by atoms with Crippen molar-refractivity contribution in [1.29, 1.82) is 0 Å². The third-order valence-corrected chi connectivity index (χ3v) is 5.34. The van der Waals surface area contributed by atoms with Crippen molar-refractivity contribution in [2.45, 2.75) is 70.9 Å². The largest absolute Gasteiger partial charge is 0.390 e. The Bertz CT molecular complexity index is 272. The molecule has 1 aliphatic heterocycles. The highest BCUT2D eigenvalue weighted by molar-refractivity contribution is 4.90. The molecule has 0 aromatic carbocycles. The summed E-state index contributed by atoms with van der Waals surface area (Å²) in [5, 5.41) is 13.8. The van der Waals surface area contributed by atoms with E-state index in [1.807, 2.05) is 6.92 Å². The van der Waals surface area contributed by atoms with E-state index in [0.717, 1.165) is 38.5 Å². The molecule has 1 aliphatic carbocycles. The van der Waals surface area contributed by atoms with Crippen LogP contribution in [0.1, 0.15) is 59.3 Å². The van der Waals surface area contributed by atoms with E-state index in [2.05, 4.69) is 24.1 Å². The van der Waals surface area contributed by atoms with Crippen molar-refractivity contribution in [3.8, 4) is 0 Å². The first kappa shape index (κ1) is 15.3. The maximum Gasteiger partial charge on any atom is 0.0644 e. The molecule has 1 saturated carbocycles. The zero-order valence-corrected chi connectivity index (χ0v) is 13.0. The van der Waals surface area contributed by atoms with Crippen LogP contribution in [0.4, 0.5) is 0 Å². The lowest BCUT2D eigenvalue weighted by atomic mass is 9.80. The molecule has 0 atom stereocenters. The van der Waals surface area contributed by atoms with Gasteiger partial charge in [0.25, 0.3) is 0 Å². The number of aliphatic hydroxyl groups is 1. The lowest BCUT2D eigenvalue weighted by molar-refractivity contribution is -0.0169. The van der Waals surface area contributed by atoms with Crippen molar-refractivity contribution >= 4 is 0 Å². The van der Waals surface area contributed by atoms with E-state index >= 15 is 0 Å². The van der Waals surface area contributed by atoms with Gasteiger partial charge in [-0.05, 0) is 50.9 Å². The average molecular weight is 268 g/mol. The Hall–Kier alpha value is -0.120.